The van der Waals surface area contributed by atoms with Crippen molar-refractivity contribution in [2.75, 3.05) is 13.1 Å². The lowest BCUT2D eigenvalue weighted by Gasteiger charge is -2.31. The van der Waals surface area contributed by atoms with Gasteiger partial charge in [0, 0.05) is 37.5 Å². The second-order valence-electron chi connectivity index (χ2n) is 5.99. The van der Waals surface area contributed by atoms with Crippen LogP contribution in [-0.4, -0.2) is 38.2 Å². The van der Waals surface area contributed by atoms with Gasteiger partial charge in [-0.05, 0) is 38.8 Å². The Labute approximate surface area is 139 Å². The zero-order valence-corrected chi connectivity index (χ0v) is 14.6. The van der Waals surface area contributed by atoms with E-state index in [2.05, 4.69) is 5.10 Å². The Morgan fingerprint density at radius 3 is 2.61 bits per heavy atom. The van der Waals surface area contributed by atoms with Crippen molar-refractivity contribution in [1.29, 1.82) is 0 Å². The number of hydrogen-bond donors (Lipinski definition) is 0. The Morgan fingerprint density at radius 1 is 1.35 bits per heavy atom. The van der Waals surface area contributed by atoms with Gasteiger partial charge >= 0.3 is 5.69 Å². The number of piperidine rings is 1. The molecule has 0 saturated carbocycles. The van der Waals surface area contributed by atoms with E-state index in [0.29, 0.717) is 6.54 Å². The average Bonchev–Trinajstić information content (AvgIpc) is 3.11. The second kappa shape index (κ2) is 6.31. The van der Waals surface area contributed by atoms with Crippen molar-refractivity contribution in [3.8, 4) is 0 Å². The molecule has 124 valence electrons. The maximum atomic E-state index is 12.5. The Balaban J connectivity index is 1.70. The van der Waals surface area contributed by atoms with Crippen molar-refractivity contribution in [3.63, 3.8) is 0 Å². The third-order valence-electron chi connectivity index (χ3n) is 4.45. The third kappa shape index (κ3) is 2.97. The molecular formula is C16H22N4O2S. The minimum absolute atomic E-state index is 0.0601. The van der Waals surface area contributed by atoms with Gasteiger partial charge in [0.05, 0.1) is 4.88 Å². The van der Waals surface area contributed by atoms with Crippen LogP contribution in [0.1, 0.15) is 46.1 Å². The summed E-state index contributed by atoms with van der Waals surface area (Å²) in [5.74, 6) is 1.23. The van der Waals surface area contributed by atoms with Crippen molar-refractivity contribution >= 4 is 17.2 Å². The number of nitrogens with zero attached hydrogens (tertiary/aromatic N) is 4. The fourth-order valence-electron chi connectivity index (χ4n) is 3.17. The molecule has 7 heteroatoms. The number of aryl methyl sites for hydroxylation is 2. The van der Waals surface area contributed by atoms with Crippen LogP contribution < -0.4 is 5.69 Å². The highest BCUT2D eigenvalue weighted by Gasteiger charge is 2.28. The molecule has 0 N–H and O–H groups in total. The lowest BCUT2D eigenvalue weighted by molar-refractivity contribution is 0.0715. The SMILES string of the molecule is CCn1c(C2CCN(C(=O)c3ccc(C)s3)CC2)nn(C)c1=O. The van der Waals surface area contributed by atoms with Crippen molar-refractivity contribution < 1.29 is 4.79 Å². The van der Waals surface area contributed by atoms with Gasteiger partial charge in [0.25, 0.3) is 5.91 Å². The Bertz CT molecular complexity index is 765. The molecule has 6 nitrogen and oxygen atoms in total. The van der Waals surface area contributed by atoms with Gasteiger partial charge in [0.1, 0.15) is 5.82 Å². The first-order valence-electron chi connectivity index (χ1n) is 8.00. The van der Waals surface area contributed by atoms with Crippen LogP contribution in [0.25, 0.3) is 0 Å². The second-order valence-corrected chi connectivity index (χ2v) is 7.27. The largest absolute Gasteiger partial charge is 0.345 e. The Hall–Kier alpha value is -1.89. The summed E-state index contributed by atoms with van der Waals surface area (Å²) in [5, 5.41) is 4.40. The summed E-state index contributed by atoms with van der Waals surface area (Å²) in [6.07, 6.45) is 1.71. The monoisotopic (exact) mass is 334 g/mol. The van der Waals surface area contributed by atoms with Gasteiger partial charge < -0.3 is 4.90 Å². The summed E-state index contributed by atoms with van der Waals surface area (Å²) >= 11 is 1.55. The van der Waals surface area contributed by atoms with Gasteiger partial charge in [0.2, 0.25) is 0 Å². The Kier molecular flexibility index (Phi) is 4.39. The first-order valence-corrected chi connectivity index (χ1v) is 8.82. The van der Waals surface area contributed by atoms with E-state index in [0.717, 1.165) is 41.5 Å². The number of hydrogen-bond acceptors (Lipinski definition) is 4. The molecule has 1 amide bonds. The predicted octanol–water partition coefficient (Wildman–Crippen LogP) is 1.99. The molecular weight excluding hydrogens is 312 g/mol. The van der Waals surface area contributed by atoms with Crippen LogP contribution in [0, 0.1) is 6.92 Å². The molecule has 2 aromatic heterocycles. The molecule has 1 aliphatic rings. The average molecular weight is 334 g/mol. The molecule has 1 saturated heterocycles. The van der Waals surface area contributed by atoms with Gasteiger partial charge in [0.15, 0.2) is 0 Å². The van der Waals surface area contributed by atoms with Crippen LogP contribution in [0.2, 0.25) is 0 Å². The molecule has 0 aliphatic carbocycles. The highest BCUT2D eigenvalue weighted by molar-refractivity contribution is 7.13. The third-order valence-corrected chi connectivity index (χ3v) is 5.44. The summed E-state index contributed by atoms with van der Waals surface area (Å²) < 4.78 is 3.15. The predicted molar refractivity (Wildman–Crippen MR) is 90.1 cm³/mol. The van der Waals surface area contributed by atoms with Crippen LogP contribution in [0.3, 0.4) is 0 Å². The molecule has 2 aromatic rings. The van der Waals surface area contributed by atoms with E-state index < -0.39 is 0 Å². The maximum absolute atomic E-state index is 12.5. The normalized spacial score (nSPS) is 16.0. The molecule has 3 rings (SSSR count). The molecule has 1 aliphatic heterocycles. The van der Waals surface area contributed by atoms with E-state index in [1.54, 1.807) is 23.0 Å². The molecule has 0 atom stereocenters. The van der Waals surface area contributed by atoms with Crippen LogP contribution in [0.5, 0.6) is 0 Å². The number of carbonyl (C=O) groups is 1. The number of carbonyl (C=O) groups excluding carboxylic acids is 1. The van der Waals surface area contributed by atoms with E-state index in [4.69, 9.17) is 0 Å². The fourth-order valence-corrected chi connectivity index (χ4v) is 4.00. The quantitative estimate of drug-likeness (QED) is 0.862. The number of likely N-dealkylation sites (tertiary alicyclic amines) is 1. The van der Waals surface area contributed by atoms with Gasteiger partial charge in [-0.3, -0.25) is 9.36 Å². The van der Waals surface area contributed by atoms with Crippen molar-refractivity contribution in [1.82, 2.24) is 19.2 Å². The van der Waals surface area contributed by atoms with Crippen LogP contribution in [0.15, 0.2) is 16.9 Å². The summed E-state index contributed by atoms with van der Waals surface area (Å²) in [6, 6.07) is 3.89. The molecule has 1 fully saturated rings. The minimum atomic E-state index is -0.0601. The van der Waals surface area contributed by atoms with E-state index >= 15 is 0 Å². The molecule has 0 unspecified atom stereocenters. The van der Waals surface area contributed by atoms with Gasteiger partial charge in [-0.15, -0.1) is 11.3 Å². The van der Waals surface area contributed by atoms with Crippen LogP contribution >= 0.6 is 11.3 Å². The summed E-state index contributed by atoms with van der Waals surface area (Å²) in [5.41, 5.74) is -0.0601. The molecule has 0 spiro atoms. The van der Waals surface area contributed by atoms with Crippen molar-refractivity contribution in [2.45, 2.75) is 39.2 Å². The first kappa shape index (κ1) is 16.0. The number of rotatable bonds is 3. The standard InChI is InChI=1S/C16H22N4O2S/c1-4-20-14(17-18(3)16(20)22)12-7-9-19(10-8-12)15(21)13-6-5-11(2)23-13/h5-6,12H,4,7-10H2,1-3H3. The van der Waals surface area contributed by atoms with Crippen LogP contribution in [-0.2, 0) is 13.6 Å². The topological polar surface area (TPSA) is 60.1 Å². The minimum Gasteiger partial charge on any atom is -0.338 e. The van der Waals surface area contributed by atoms with Crippen molar-refractivity contribution in [2.24, 2.45) is 7.05 Å². The molecule has 0 radical (unpaired) electrons. The number of aromatic nitrogens is 3. The summed E-state index contributed by atoms with van der Waals surface area (Å²) in [7, 11) is 1.69. The first-order chi connectivity index (χ1) is 11.0. The van der Waals surface area contributed by atoms with Gasteiger partial charge in [-0.25, -0.2) is 9.48 Å². The van der Waals surface area contributed by atoms with E-state index in [-0.39, 0.29) is 17.5 Å². The van der Waals surface area contributed by atoms with Gasteiger partial charge in [-0.1, -0.05) is 0 Å². The maximum Gasteiger partial charge on any atom is 0.345 e. The smallest absolute Gasteiger partial charge is 0.338 e. The summed E-state index contributed by atoms with van der Waals surface area (Å²) in [6.45, 7) is 6.04. The lowest BCUT2D eigenvalue weighted by atomic mass is 9.95. The van der Waals surface area contributed by atoms with Crippen LogP contribution in [0.4, 0.5) is 0 Å². The number of thiophene rings is 1. The highest BCUT2D eigenvalue weighted by Crippen LogP contribution is 2.28. The fraction of sp³-hybridized carbons (Fsp3) is 0.562. The lowest BCUT2D eigenvalue weighted by Crippen LogP contribution is -2.38. The highest BCUT2D eigenvalue weighted by atomic mass is 32.1. The van der Waals surface area contributed by atoms with E-state index in [1.807, 2.05) is 30.9 Å². The summed E-state index contributed by atoms with van der Waals surface area (Å²) in [4.78, 5) is 28.4. The van der Waals surface area contributed by atoms with Crippen molar-refractivity contribution in [3.05, 3.63) is 38.2 Å². The molecule has 3 heterocycles. The molecule has 23 heavy (non-hydrogen) atoms. The number of amides is 1. The molecule has 0 aromatic carbocycles. The van der Waals surface area contributed by atoms with Gasteiger partial charge in [-0.2, -0.15) is 5.10 Å². The van der Waals surface area contributed by atoms with E-state index in [1.165, 1.54) is 4.68 Å². The molecule has 0 bridgehead atoms. The zero-order chi connectivity index (χ0) is 16.6. The Morgan fingerprint density at radius 2 is 2.04 bits per heavy atom. The van der Waals surface area contributed by atoms with E-state index in [9.17, 15) is 9.59 Å². The zero-order valence-electron chi connectivity index (χ0n) is 13.8.